The van der Waals surface area contributed by atoms with Gasteiger partial charge in [-0.1, -0.05) is 48.5 Å². The fraction of sp³-hybridized carbons (Fsp3) is 0.133. The lowest BCUT2D eigenvalue weighted by atomic mass is 10.0. The second-order valence-corrected chi connectivity index (χ2v) is 4.12. The van der Waals surface area contributed by atoms with Crippen LogP contribution < -0.4 is 5.32 Å². The van der Waals surface area contributed by atoms with Crippen molar-refractivity contribution in [3.63, 3.8) is 0 Å². The monoisotopic (exact) mass is 241 g/mol. The number of hydrogen-bond donors (Lipinski definition) is 2. The number of rotatable bonds is 4. The summed E-state index contributed by atoms with van der Waals surface area (Å²) in [4.78, 5) is 10.9. The van der Waals surface area contributed by atoms with Crippen molar-refractivity contribution in [3.8, 4) is 11.1 Å². The normalized spacial score (nSPS) is 11.8. The molecule has 0 spiro atoms. The van der Waals surface area contributed by atoms with Gasteiger partial charge in [0.25, 0.3) is 0 Å². The van der Waals surface area contributed by atoms with Gasteiger partial charge < -0.3 is 10.4 Å². The fourth-order valence-electron chi connectivity index (χ4n) is 1.77. The van der Waals surface area contributed by atoms with Crippen LogP contribution in [0.25, 0.3) is 11.1 Å². The van der Waals surface area contributed by atoms with E-state index >= 15 is 0 Å². The fourth-order valence-corrected chi connectivity index (χ4v) is 1.77. The van der Waals surface area contributed by atoms with Gasteiger partial charge in [0, 0.05) is 11.3 Å². The molecule has 0 aliphatic carbocycles. The highest BCUT2D eigenvalue weighted by atomic mass is 16.4. The topological polar surface area (TPSA) is 49.3 Å². The summed E-state index contributed by atoms with van der Waals surface area (Å²) in [5.74, 6) is -0.863. The molecule has 2 rings (SSSR count). The standard InChI is InChI=1S/C15H15NO2/c1-11(15(17)18)16-14-10-6-5-9-13(14)12-7-3-2-4-8-12/h2-11,16H,1H3,(H,17,18). The first kappa shape index (κ1) is 12.2. The van der Waals surface area contributed by atoms with Crippen LogP contribution in [0, 0.1) is 0 Å². The van der Waals surface area contributed by atoms with E-state index in [-0.39, 0.29) is 0 Å². The minimum absolute atomic E-state index is 0.616. The molecular formula is C15H15NO2. The molecule has 0 saturated carbocycles. The lowest BCUT2D eigenvalue weighted by molar-refractivity contribution is -0.137. The van der Waals surface area contributed by atoms with Crippen molar-refractivity contribution in [3.05, 3.63) is 54.6 Å². The number of anilines is 1. The van der Waals surface area contributed by atoms with Gasteiger partial charge >= 0.3 is 5.97 Å². The van der Waals surface area contributed by atoms with Gasteiger partial charge in [-0.25, -0.2) is 0 Å². The quantitative estimate of drug-likeness (QED) is 0.864. The molecule has 1 atom stereocenters. The van der Waals surface area contributed by atoms with Crippen LogP contribution in [-0.2, 0) is 4.79 Å². The molecule has 0 bridgehead atoms. The third kappa shape index (κ3) is 2.69. The van der Waals surface area contributed by atoms with Gasteiger partial charge in [0.15, 0.2) is 0 Å². The van der Waals surface area contributed by atoms with Gasteiger partial charge in [0.1, 0.15) is 6.04 Å². The van der Waals surface area contributed by atoms with Crippen LogP contribution in [-0.4, -0.2) is 17.1 Å². The van der Waals surface area contributed by atoms with Crippen LogP contribution in [0.15, 0.2) is 54.6 Å². The van der Waals surface area contributed by atoms with Crippen molar-refractivity contribution in [1.29, 1.82) is 0 Å². The lowest BCUT2D eigenvalue weighted by Gasteiger charge is -2.15. The number of carbonyl (C=O) groups is 1. The Morgan fingerprint density at radius 2 is 1.67 bits per heavy atom. The van der Waals surface area contributed by atoms with Crippen molar-refractivity contribution in [1.82, 2.24) is 0 Å². The third-order valence-corrected chi connectivity index (χ3v) is 2.75. The highest BCUT2D eigenvalue weighted by molar-refractivity contribution is 5.82. The summed E-state index contributed by atoms with van der Waals surface area (Å²) >= 11 is 0. The van der Waals surface area contributed by atoms with E-state index in [0.717, 1.165) is 16.8 Å². The summed E-state index contributed by atoms with van der Waals surface area (Å²) in [7, 11) is 0. The first-order valence-corrected chi connectivity index (χ1v) is 5.82. The van der Waals surface area contributed by atoms with Crippen molar-refractivity contribution >= 4 is 11.7 Å². The molecule has 2 N–H and O–H groups in total. The van der Waals surface area contributed by atoms with E-state index in [4.69, 9.17) is 5.11 Å². The lowest BCUT2D eigenvalue weighted by Crippen LogP contribution is -2.25. The van der Waals surface area contributed by atoms with Crippen molar-refractivity contribution in [2.75, 3.05) is 5.32 Å². The van der Waals surface area contributed by atoms with E-state index in [1.54, 1.807) is 6.92 Å². The van der Waals surface area contributed by atoms with E-state index in [1.165, 1.54) is 0 Å². The number of carboxylic acids is 1. The van der Waals surface area contributed by atoms with Gasteiger partial charge in [0.05, 0.1) is 0 Å². The minimum atomic E-state index is -0.863. The van der Waals surface area contributed by atoms with Crippen LogP contribution in [0.4, 0.5) is 5.69 Å². The number of benzene rings is 2. The second-order valence-electron chi connectivity index (χ2n) is 4.12. The van der Waals surface area contributed by atoms with Crippen molar-refractivity contribution < 1.29 is 9.90 Å². The first-order valence-electron chi connectivity index (χ1n) is 5.82. The molecule has 2 aromatic rings. The molecule has 0 saturated heterocycles. The molecule has 0 aliphatic rings. The van der Waals surface area contributed by atoms with Gasteiger partial charge in [-0.05, 0) is 18.6 Å². The summed E-state index contributed by atoms with van der Waals surface area (Å²) in [5.41, 5.74) is 2.91. The zero-order valence-electron chi connectivity index (χ0n) is 10.1. The average Bonchev–Trinajstić information content (AvgIpc) is 2.40. The maximum atomic E-state index is 10.9. The minimum Gasteiger partial charge on any atom is -0.480 e. The number of nitrogens with one attached hydrogen (secondary N) is 1. The zero-order chi connectivity index (χ0) is 13.0. The highest BCUT2D eigenvalue weighted by Crippen LogP contribution is 2.27. The van der Waals surface area contributed by atoms with Crippen molar-refractivity contribution in [2.45, 2.75) is 13.0 Å². The number of carboxylic acid groups (broad SMARTS) is 1. The van der Waals surface area contributed by atoms with Gasteiger partial charge in [-0.2, -0.15) is 0 Å². The Hall–Kier alpha value is -2.29. The summed E-state index contributed by atoms with van der Waals surface area (Å²) in [6, 6.07) is 17.0. The summed E-state index contributed by atoms with van der Waals surface area (Å²) in [6.45, 7) is 1.63. The predicted octanol–water partition coefficient (Wildman–Crippen LogP) is 3.24. The van der Waals surface area contributed by atoms with Crippen LogP contribution in [0.1, 0.15) is 6.92 Å². The number of para-hydroxylation sites is 1. The SMILES string of the molecule is CC(Nc1ccccc1-c1ccccc1)C(=O)O. The Bertz CT molecular complexity index is 537. The van der Waals surface area contributed by atoms with E-state index < -0.39 is 12.0 Å². The average molecular weight is 241 g/mol. The highest BCUT2D eigenvalue weighted by Gasteiger charge is 2.12. The van der Waals surface area contributed by atoms with Crippen LogP contribution in [0.3, 0.4) is 0 Å². The Labute approximate surface area is 106 Å². The molecule has 1 unspecified atom stereocenters. The largest absolute Gasteiger partial charge is 0.480 e. The summed E-state index contributed by atoms with van der Waals surface area (Å²) in [6.07, 6.45) is 0. The molecule has 92 valence electrons. The predicted molar refractivity (Wildman–Crippen MR) is 72.6 cm³/mol. The summed E-state index contributed by atoms with van der Waals surface area (Å²) < 4.78 is 0. The maximum Gasteiger partial charge on any atom is 0.325 e. The molecule has 0 aliphatic heterocycles. The third-order valence-electron chi connectivity index (χ3n) is 2.75. The molecule has 3 nitrogen and oxygen atoms in total. The second kappa shape index (κ2) is 5.36. The van der Waals surface area contributed by atoms with Gasteiger partial charge in [0.2, 0.25) is 0 Å². The van der Waals surface area contributed by atoms with Gasteiger partial charge in [-0.3, -0.25) is 4.79 Å². The zero-order valence-corrected chi connectivity index (χ0v) is 10.1. The van der Waals surface area contributed by atoms with Gasteiger partial charge in [-0.15, -0.1) is 0 Å². The molecule has 18 heavy (non-hydrogen) atoms. The molecule has 0 amide bonds. The molecule has 0 heterocycles. The van der Waals surface area contributed by atoms with Crippen LogP contribution >= 0.6 is 0 Å². The smallest absolute Gasteiger partial charge is 0.325 e. The van der Waals surface area contributed by atoms with E-state index in [9.17, 15) is 4.79 Å². The molecular weight excluding hydrogens is 226 g/mol. The Balaban J connectivity index is 2.35. The van der Waals surface area contributed by atoms with Crippen molar-refractivity contribution in [2.24, 2.45) is 0 Å². The Kier molecular flexibility index (Phi) is 3.63. The molecule has 2 aromatic carbocycles. The maximum absolute atomic E-state index is 10.9. The van der Waals surface area contributed by atoms with E-state index in [0.29, 0.717) is 0 Å². The molecule has 0 aromatic heterocycles. The van der Waals surface area contributed by atoms with Crippen LogP contribution in [0.2, 0.25) is 0 Å². The summed E-state index contributed by atoms with van der Waals surface area (Å²) in [5, 5.41) is 12.0. The number of hydrogen-bond acceptors (Lipinski definition) is 2. The first-order chi connectivity index (χ1) is 8.68. The molecule has 3 heteroatoms. The molecule has 0 fully saturated rings. The van der Waals surface area contributed by atoms with E-state index in [2.05, 4.69) is 5.32 Å². The van der Waals surface area contributed by atoms with Crippen LogP contribution in [0.5, 0.6) is 0 Å². The van der Waals surface area contributed by atoms with E-state index in [1.807, 2.05) is 54.6 Å². The Morgan fingerprint density at radius 1 is 1.06 bits per heavy atom. The molecule has 0 radical (unpaired) electrons. The Morgan fingerprint density at radius 3 is 2.33 bits per heavy atom. The number of aliphatic carboxylic acids is 1.